The minimum atomic E-state index is -4.15. The molecule has 1 N–H and O–H groups in total. The lowest BCUT2D eigenvalue weighted by Gasteiger charge is -2.24. The van der Waals surface area contributed by atoms with Crippen LogP contribution in [0.1, 0.15) is 31.0 Å². The molecule has 0 aliphatic carbocycles. The lowest BCUT2D eigenvalue weighted by atomic mass is 10.1. The third-order valence-electron chi connectivity index (χ3n) is 5.04. The topological polar surface area (TPSA) is 79.5 Å². The molecule has 3 aromatic rings. The number of nitrogens with one attached hydrogen (secondary N) is 1. The largest absolute Gasteiger partial charge is 0.464 e. The molecule has 1 aromatic heterocycles. The first kappa shape index (κ1) is 23.4. The van der Waals surface area contributed by atoms with Crippen molar-refractivity contribution in [2.75, 3.05) is 17.5 Å². The molecule has 1 heterocycles. The number of sulfonamides is 1. The van der Waals surface area contributed by atoms with Crippen molar-refractivity contribution in [2.45, 2.75) is 38.5 Å². The zero-order chi connectivity index (χ0) is 22.8. The van der Waals surface area contributed by atoms with Crippen LogP contribution in [0, 0.1) is 13.8 Å². The summed E-state index contributed by atoms with van der Waals surface area (Å²) < 4.78 is 33.3. The number of hydrogen-bond acceptors (Lipinski definition) is 4. The van der Waals surface area contributed by atoms with Crippen molar-refractivity contribution in [3.05, 3.63) is 57.7 Å². The van der Waals surface area contributed by atoms with Gasteiger partial charge in [0.1, 0.15) is 6.54 Å². The summed E-state index contributed by atoms with van der Waals surface area (Å²) in [5.74, 6) is -0.632. The molecule has 0 spiro atoms. The van der Waals surface area contributed by atoms with Crippen molar-refractivity contribution >= 4 is 55.8 Å². The van der Waals surface area contributed by atoms with Crippen molar-refractivity contribution < 1.29 is 17.9 Å². The summed E-state index contributed by atoms with van der Waals surface area (Å²) in [6.07, 6.45) is 1.56. The third-order valence-corrected chi connectivity index (χ3v) is 7.23. The Hall–Kier alpha value is -2.22. The smallest absolute Gasteiger partial charge is 0.326 e. The molecule has 0 aliphatic heterocycles. The average Bonchev–Trinajstić information content (AvgIpc) is 2.99. The summed E-state index contributed by atoms with van der Waals surface area (Å²) in [6, 6.07) is 9.26. The zero-order valence-corrected chi connectivity index (χ0v) is 19.9. The van der Waals surface area contributed by atoms with Crippen molar-refractivity contribution in [3.63, 3.8) is 0 Å². The molecule has 9 heteroatoms. The molecule has 31 heavy (non-hydrogen) atoms. The molecule has 0 saturated carbocycles. The number of esters is 1. The van der Waals surface area contributed by atoms with Gasteiger partial charge in [0.05, 0.1) is 17.2 Å². The van der Waals surface area contributed by atoms with Gasteiger partial charge in [-0.3, -0.25) is 9.10 Å². The van der Waals surface area contributed by atoms with Gasteiger partial charge in [-0.05, 0) is 62.2 Å². The number of hydrogen-bond donors (Lipinski definition) is 1. The highest BCUT2D eigenvalue weighted by atomic mass is 35.5. The van der Waals surface area contributed by atoms with E-state index in [-0.39, 0.29) is 21.5 Å². The minimum absolute atomic E-state index is 0.103. The molecule has 2 aromatic carbocycles. The third kappa shape index (κ3) is 5.17. The number of benzene rings is 2. The molecule has 6 nitrogen and oxygen atoms in total. The molecular formula is C22H24Cl2N2O4S. The molecule has 3 rings (SSSR count). The highest BCUT2D eigenvalue weighted by Crippen LogP contribution is 2.31. The average molecular weight is 483 g/mol. The molecule has 0 radical (unpaired) electrons. The van der Waals surface area contributed by atoms with Crippen LogP contribution in [0.5, 0.6) is 0 Å². The molecular weight excluding hydrogens is 459 g/mol. The van der Waals surface area contributed by atoms with E-state index in [0.717, 1.165) is 32.9 Å². The fraction of sp³-hybridized carbons (Fsp3) is 0.318. The normalized spacial score (nSPS) is 11.6. The maximum Gasteiger partial charge on any atom is 0.326 e. The van der Waals surface area contributed by atoms with Crippen LogP contribution in [0.2, 0.25) is 10.0 Å². The van der Waals surface area contributed by atoms with Crippen LogP contribution in [0.4, 0.5) is 5.69 Å². The van der Waals surface area contributed by atoms with E-state index >= 15 is 0 Å². The Morgan fingerprint density at radius 1 is 1.10 bits per heavy atom. The second-order valence-corrected chi connectivity index (χ2v) is 10.0. The molecule has 0 fully saturated rings. The van der Waals surface area contributed by atoms with Crippen molar-refractivity contribution in [1.29, 1.82) is 0 Å². The lowest BCUT2D eigenvalue weighted by molar-refractivity contribution is -0.141. The van der Waals surface area contributed by atoms with Gasteiger partial charge in [0, 0.05) is 26.6 Å². The van der Waals surface area contributed by atoms with E-state index in [1.54, 1.807) is 18.2 Å². The standard InChI is InChI=1S/C22H24Cl2N2O4S/c1-4-5-8-30-22(27)13-26(31(28,29)19-10-16(23)9-17(24)11-19)18-6-7-21-20(12-18)14(2)15(3)25-21/h6-7,9-12,25H,4-5,8,13H2,1-3H3. The number of carbonyl (C=O) groups is 1. The van der Waals surface area contributed by atoms with Crippen LogP contribution in [0.3, 0.4) is 0 Å². The van der Waals surface area contributed by atoms with Crippen molar-refractivity contribution in [1.82, 2.24) is 4.98 Å². The molecule has 0 bridgehead atoms. The lowest BCUT2D eigenvalue weighted by Crippen LogP contribution is -2.36. The Kier molecular flexibility index (Phi) is 7.19. The first-order valence-corrected chi connectivity index (χ1v) is 12.1. The second-order valence-electron chi connectivity index (χ2n) is 7.30. The molecule has 0 atom stereocenters. The van der Waals surface area contributed by atoms with E-state index in [2.05, 4.69) is 4.98 Å². The van der Waals surface area contributed by atoms with E-state index in [1.807, 2.05) is 20.8 Å². The number of carbonyl (C=O) groups excluding carboxylic acids is 1. The van der Waals surface area contributed by atoms with Crippen LogP contribution < -0.4 is 4.31 Å². The zero-order valence-electron chi connectivity index (χ0n) is 17.5. The fourth-order valence-electron chi connectivity index (χ4n) is 3.22. The maximum absolute atomic E-state index is 13.5. The van der Waals surface area contributed by atoms with Gasteiger partial charge in [-0.25, -0.2) is 8.42 Å². The number of halogens is 2. The number of ether oxygens (including phenoxy) is 1. The number of aromatic amines is 1. The Bertz CT molecular complexity index is 1200. The Morgan fingerprint density at radius 2 is 1.77 bits per heavy atom. The SMILES string of the molecule is CCCCOC(=O)CN(c1ccc2[nH]c(C)c(C)c2c1)S(=O)(=O)c1cc(Cl)cc(Cl)c1. The van der Waals surface area contributed by atoms with E-state index in [9.17, 15) is 13.2 Å². The monoisotopic (exact) mass is 482 g/mol. The first-order valence-electron chi connectivity index (χ1n) is 9.87. The molecule has 0 amide bonds. The van der Waals surface area contributed by atoms with Crippen LogP contribution in [-0.2, 0) is 19.6 Å². The highest BCUT2D eigenvalue weighted by molar-refractivity contribution is 7.92. The number of aryl methyl sites for hydroxylation is 2. The van der Waals surface area contributed by atoms with Crippen LogP contribution in [-0.4, -0.2) is 32.5 Å². The number of unbranched alkanes of at least 4 members (excludes halogenated alkanes) is 1. The van der Waals surface area contributed by atoms with Crippen LogP contribution in [0.15, 0.2) is 41.3 Å². The Morgan fingerprint density at radius 3 is 2.42 bits per heavy atom. The summed E-state index contributed by atoms with van der Waals surface area (Å²) in [4.78, 5) is 15.6. The fourth-order valence-corrected chi connectivity index (χ4v) is 5.35. The summed E-state index contributed by atoms with van der Waals surface area (Å²) in [5.41, 5.74) is 3.22. The van der Waals surface area contributed by atoms with Gasteiger partial charge < -0.3 is 9.72 Å². The van der Waals surface area contributed by atoms with E-state index in [4.69, 9.17) is 27.9 Å². The quantitative estimate of drug-likeness (QED) is 0.333. The summed E-state index contributed by atoms with van der Waals surface area (Å²) in [6.45, 7) is 5.64. The van der Waals surface area contributed by atoms with E-state index in [1.165, 1.54) is 18.2 Å². The molecule has 0 unspecified atom stereocenters. The highest BCUT2D eigenvalue weighted by Gasteiger charge is 2.29. The van der Waals surface area contributed by atoms with Gasteiger partial charge in [0.2, 0.25) is 0 Å². The first-order chi connectivity index (χ1) is 14.6. The van der Waals surface area contributed by atoms with Gasteiger partial charge in [-0.1, -0.05) is 36.5 Å². The van der Waals surface area contributed by atoms with Gasteiger partial charge in [0.25, 0.3) is 10.0 Å². The van der Waals surface area contributed by atoms with Crippen molar-refractivity contribution in [2.24, 2.45) is 0 Å². The maximum atomic E-state index is 13.5. The summed E-state index contributed by atoms with van der Waals surface area (Å²) in [5, 5.41) is 1.24. The predicted octanol–water partition coefficient (Wildman–Crippen LogP) is 5.63. The molecule has 0 aliphatic rings. The second kappa shape index (κ2) is 9.51. The van der Waals surface area contributed by atoms with Gasteiger partial charge in [-0.15, -0.1) is 0 Å². The number of aromatic nitrogens is 1. The number of anilines is 1. The predicted molar refractivity (Wildman–Crippen MR) is 125 cm³/mol. The number of H-pyrrole nitrogens is 1. The Labute approximate surface area is 192 Å². The van der Waals surface area contributed by atoms with Gasteiger partial charge in [-0.2, -0.15) is 0 Å². The van der Waals surface area contributed by atoms with E-state index < -0.39 is 22.5 Å². The minimum Gasteiger partial charge on any atom is -0.464 e. The Balaban J connectivity index is 2.08. The van der Waals surface area contributed by atoms with Gasteiger partial charge >= 0.3 is 5.97 Å². The molecule has 0 saturated heterocycles. The summed E-state index contributed by atoms with van der Waals surface area (Å²) >= 11 is 12.1. The van der Waals surface area contributed by atoms with E-state index in [0.29, 0.717) is 12.1 Å². The van der Waals surface area contributed by atoms with Crippen LogP contribution >= 0.6 is 23.2 Å². The van der Waals surface area contributed by atoms with Crippen molar-refractivity contribution in [3.8, 4) is 0 Å². The number of nitrogens with zero attached hydrogens (tertiary/aromatic N) is 1. The van der Waals surface area contributed by atoms with Crippen LogP contribution in [0.25, 0.3) is 10.9 Å². The van der Waals surface area contributed by atoms with Gasteiger partial charge in [0.15, 0.2) is 0 Å². The molecule has 166 valence electrons. The summed E-state index contributed by atoms with van der Waals surface area (Å²) in [7, 11) is -4.15. The number of fused-ring (bicyclic) bond motifs is 1. The number of rotatable bonds is 8.